The van der Waals surface area contributed by atoms with Crippen LogP contribution in [0.4, 0.5) is 5.69 Å². The van der Waals surface area contributed by atoms with Crippen LogP contribution in [0.25, 0.3) is 0 Å². The van der Waals surface area contributed by atoms with Gasteiger partial charge in [0.25, 0.3) is 0 Å². The van der Waals surface area contributed by atoms with E-state index in [2.05, 4.69) is 16.0 Å². The van der Waals surface area contributed by atoms with Crippen molar-refractivity contribution in [3.8, 4) is 6.07 Å². The summed E-state index contributed by atoms with van der Waals surface area (Å²) in [5.41, 5.74) is 2.46. The molecule has 0 fully saturated rings. The van der Waals surface area contributed by atoms with Crippen LogP contribution in [-0.4, -0.2) is 11.2 Å². The Kier molecular flexibility index (Phi) is 1.60. The standard InChI is InChI=1S/C9H7N3/c10-4-8-6-11-5-7-2-1-3-12-9(7)8/h3,5-6H,1-2H2. The van der Waals surface area contributed by atoms with E-state index in [1.54, 1.807) is 12.4 Å². The second-order valence-electron chi connectivity index (χ2n) is 2.66. The lowest BCUT2D eigenvalue weighted by Gasteiger charge is -2.08. The molecule has 1 aromatic heterocycles. The monoisotopic (exact) mass is 157 g/mol. The van der Waals surface area contributed by atoms with Gasteiger partial charge in [-0.15, -0.1) is 0 Å². The van der Waals surface area contributed by atoms with Gasteiger partial charge in [0.2, 0.25) is 0 Å². The number of aliphatic imine (C=N–C) groups is 1. The van der Waals surface area contributed by atoms with Gasteiger partial charge >= 0.3 is 0 Å². The summed E-state index contributed by atoms with van der Waals surface area (Å²) in [5.74, 6) is 0. The molecule has 2 heterocycles. The van der Waals surface area contributed by atoms with E-state index in [9.17, 15) is 0 Å². The quantitative estimate of drug-likeness (QED) is 0.574. The first-order chi connectivity index (χ1) is 5.92. The summed E-state index contributed by atoms with van der Waals surface area (Å²) in [6.07, 6.45) is 7.09. The highest BCUT2D eigenvalue weighted by Gasteiger charge is 2.09. The van der Waals surface area contributed by atoms with Gasteiger partial charge in [0.15, 0.2) is 0 Å². The van der Waals surface area contributed by atoms with Crippen molar-refractivity contribution in [3.63, 3.8) is 0 Å². The fourth-order valence-corrected chi connectivity index (χ4v) is 1.29. The number of nitrogens with zero attached hydrogens (tertiary/aromatic N) is 3. The minimum atomic E-state index is 0.573. The van der Waals surface area contributed by atoms with E-state index in [-0.39, 0.29) is 0 Å². The molecule has 3 heteroatoms. The van der Waals surface area contributed by atoms with Crippen LogP contribution >= 0.6 is 0 Å². The minimum Gasteiger partial charge on any atom is -0.263 e. The van der Waals surface area contributed by atoms with Crippen molar-refractivity contribution in [1.29, 1.82) is 5.26 Å². The molecular weight excluding hydrogens is 150 g/mol. The van der Waals surface area contributed by atoms with Crippen molar-refractivity contribution < 1.29 is 0 Å². The van der Waals surface area contributed by atoms with E-state index in [0.717, 1.165) is 24.1 Å². The summed E-state index contributed by atoms with van der Waals surface area (Å²) < 4.78 is 0. The second-order valence-corrected chi connectivity index (χ2v) is 2.66. The van der Waals surface area contributed by atoms with Crippen LogP contribution in [0.1, 0.15) is 17.5 Å². The number of hydrogen-bond acceptors (Lipinski definition) is 3. The lowest BCUT2D eigenvalue weighted by Crippen LogP contribution is -1.96. The Labute approximate surface area is 70.4 Å². The molecule has 3 nitrogen and oxygen atoms in total. The van der Waals surface area contributed by atoms with Gasteiger partial charge in [0.1, 0.15) is 6.07 Å². The molecule has 0 unspecified atom stereocenters. The number of pyridine rings is 1. The predicted octanol–water partition coefficient (Wildman–Crippen LogP) is 1.60. The molecule has 0 amide bonds. The van der Waals surface area contributed by atoms with Gasteiger partial charge in [0, 0.05) is 18.6 Å². The fourth-order valence-electron chi connectivity index (χ4n) is 1.29. The molecule has 0 saturated carbocycles. The van der Waals surface area contributed by atoms with Crippen molar-refractivity contribution in [3.05, 3.63) is 23.5 Å². The molecule has 0 aliphatic carbocycles. The van der Waals surface area contributed by atoms with Crippen LogP contribution in [0.5, 0.6) is 0 Å². The molecule has 12 heavy (non-hydrogen) atoms. The largest absolute Gasteiger partial charge is 0.263 e. The molecule has 0 N–H and O–H groups in total. The van der Waals surface area contributed by atoms with E-state index in [0.29, 0.717) is 5.56 Å². The van der Waals surface area contributed by atoms with Crippen LogP contribution in [0.2, 0.25) is 0 Å². The van der Waals surface area contributed by atoms with E-state index < -0.39 is 0 Å². The number of hydrogen-bond donors (Lipinski definition) is 0. The molecule has 58 valence electrons. The van der Waals surface area contributed by atoms with Gasteiger partial charge in [-0.05, 0) is 18.4 Å². The smallest absolute Gasteiger partial charge is 0.103 e. The van der Waals surface area contributed by atoms with Crippen molar-refractivity contribution in [2.75, 3.05) is 0 Å². The fraction of sp³-hybridized carbons (Fsp3) is 0.222. The zero-order valence-corrected chi connectivity index (χ0v) is 6.49. The highest BCUT2D eigenvalue weighted by Crippen LogP contribution is 2.26. The summed E-state index contributed by atoms with van der Waals surface area (Å²) >= 11 is 0. The maximum Gasteiger partial charge on any atom is 0.103 e. The van der Waals surface area contributed by atoms with Crippen LogP contribution < -0.4 is 0 Å². The Morgan fingerprint density at radius 2 is 2.33 bits per heavy atom. The zero-order valence-electron chi connectivity index (χ0n) is 6.49. The summed E-state index contributed by atoms with van der Waals surface area (Å²) in [6, 6.07) is 2.08. The average Bonchev–Trinajstić information content (AvgIpc) is 2.17. The summed E-state index contributed by atoms with van der Waals surface area (Å²) in [4.78, 5) is 8.15. The lowest BCUT2D eigenvalue weighted by atomic mass is 10.1. The van der Waals surface area contributed by atoms with Crippen molar-refractivity contribution in [1.82, 2.24) is 4.98 Å². The average molecular weight is 157 g/mol. The molecule has 1 aliphatic heterocycles. The first-order valence-electron chi connectivity index (χ1n) is 3.81. The third-order valence-electron chi connectivity index (χ3n) is 1.88. The number of aryl methyl sites for hydroxylation is 1. The molecule has 0 bridgehead atoms. The van der Waals surface area contributed by atoms with Crippen LogP contribution in [0.3, 0.4) is 0 Å². The second kappa shape index (κ2) is 2.74. The van der Waals surface area contributed by atoms with Gasteiger partial charge in [0.05, 0.1) is 11.3 Å². The molecule has 0 atom stereocenters. The number of nitriles is 1. The maximum atomic E-state index is 8.73. The number of rotatable bonds is 0. The Bertz CT molecular complexity index is 374. The minimum absolute atomic E-state index is 0.573. The Morgan fingerprint density at radius 1 is 1.42 bits per heavy atom. The topological polar surface area (TPSA) is 49.0 Å². The Balaban J connectivity index is 2.64. The normalized spacial score (nSPS) is 13.6. The highest BCUT2D eigenvalue weighted by atomic mass is 14.8. The Morgan fingerprint density at radius 3 is 3.17 bits per heavy atom. The molecule has 0 radical (unpaired) electrons. The van der Waals surface area contributed by atoms with E-state index >= 15 is 0 Å². The lowest BCUT2D eigenvalue weighted by molar-refractivity contribution is 1.00. The first-order valence-corrected chi connectivity index (χ1v) is 3.81. The Hall–Kier alpha value is -1.69. The number of fused-ring (bicyclic) bond motifs is 1. The van der Waals surface area contributed by atoms with Gasteiger partial charge in [-0.3, -0.25) is 9.98 Å². The molecule has 0 saturated heterocycles. The molecule has 0 spiro atoms. The predicted molar refractivity (Wildman–Crippen MR) is 45.4 cm³/mol. The van der Waals surface area contributed by atoms with E-state index in [4.69, 9.17) is 5.26 Å². The molecular formula is C9H7N3. The van der Waals surface area contributed by atoms with Gasteiger partial charge < -0.3 is 0 Å². The van der Waals surface area contributed by atoms with Crippen molar-refractivity contribution in [2.45, 2.75) is 12.8 Å². The van der Waals surface area contributed by atoms with Crippen molar-refractivity contribution in [2.24, 2.45) is 4.99 Å². The molecule has 1 aromatic rings. The van der Waals surface area contributed by atoms with E-state index in [1.165, 1.54) is 0 Å². The maximum absolute atomic E-state index is 8.73. The van der Waals surface area contributed by atoms with Crippen molar-refractivity contribution >= 4 is 11.9 Å². The van der Waals surface area contributed by atoms with Crippen LogP contribution in [0.15, 0.2) is 17.4 Å². The SMILES string of the molecule is N#Cc1cncc2c1N=CCC2. The van der Waals surface area contributed by atoms with Gasteiger partial charge in [-0.25, -0.2) is 0 Å². The van der Waals surface area contributed by atoms with Crippen LogP contribution in [-0.2, 0) is 6.42 Å². The summed E-state index contributed by atoms with van der Waals surface area (Å²) in [5, 5.41) is 8.73. The van der Waals surface area contributed by atoms with E-state index in [1.807, 2.05) is 6.21 Å². The third-order valence-corrected chi connectivity index (χ3v) is 1.88. The zero-order chi connectivity index (χ0) is 8.39. The summed E-state index contributed by atoms with van der Waals surface area (Å²) in [7, 11) is 0. The van der Waals surface area contributed by atoms with Crippen LogP contribution in [0, 0.1) is 11.3 Å². The molecule has 0 aromatic carbocycles. The molecule has 2 rings (SSSR count). The highest BCUT2D eigenvalue weighted by molar-refractivity contribution is 5.71. The third kappa shape index (κ3) is 0.978. The first kappa shape index (κ1) is 6.99. The number of aromatic nitrogens is 1. The summed E-state index contributed by atoms with van der Waals surface area (Å²) in [6.45, 7) is 0. The van der Waals surface area contributed by atoms with Gasteiger partial charge in [-0.1, -0.05) is 0 Å². The van der Waals surface area contributed by atoms with Gasteiger partial charge in [-0.2, -0.15) is 5.26 Å². The molecule has 1 aliphatic rings.